The van der Waals surface area contributed by atoms with Crippen molar-refractivity contribution in [2.24, 2.45) is 16.6 Å². The minimum atomic E-state index is -0.657. The Balaban J connectivity index is 2.25. The fourth-order valence-corrected chi connectivity index (χ4v) is 3.98. The second-order valence-electron chi connectivity index (χ2n) is 9.16. The molecule has 1 aliphatic rings. The topological polar surface area (TPSA) is 107 Å². The van der Waals surface area contributed by atoms with Crippen LogP contribution in [0.1, 0.15) is 67.3 Å². The van der Waals surface area contributed by atoms with Gasteiger partial charge >= 0.3 is 5.97 Å². The molecule has 3 rings (SSSR count). The number of allylic oxidation sites excluding steroid dienone is 2. The summed E-state index contributed by atoms with van der Waals surface area (Å²) in [6, 6.07) is 3.49. The van der Waals surface area contributed by atoms with E-state index in [0.29, 0.717) is 41.8 Å². The third kappa shape index (κ3) is 5.55. The lowest BCUT2D eigenvalue weighted by Gasteiger charge is -2.31. The van der Waals surface area contributed by atoms with Crippen molar-refractivity contribution >= 4 is 28.5 Å². The average Bonchev–Trinajstić information content (AvgIpc) is 2.71. The highest BCUT2D eigenvalue weighted by molar-refractivity contribution is 6.01. The maximum atomic E-state index is 13.3. The number of carbonyl (C=O) groups is 2. The van der Waals surface area contributed by atoms with Gasteiger partial charge in [0, 0.05) is 48.2 Å². The van der Waals surface area contributed by atoms with E-state index in [1.165, 1.54) is 0 Å². The van der Waals surface area contributed by atoms with Gasteiger partial charge in [-0.05, 0) is 56.9 Å². The van der Waals surface area contributed by atoms with E-state index in [4.69, 9.17) is 10.5 Å². The number of ether oxygens (including phenoxy) is 1. The van der Waals surface area contributed by atoms with Crippen molar-refractivity contribution in [2.75, 3.05) is 19.7 Å². The smallest absolute Gasteiger partial charge is 0.343 e. The van der Waals surface area contributed by atoms with E-state index >= 15 is 0 Å². The summed E-state index contributed by atoms with van der Waals surface area (Å²) in [6.07, 6.45) is 4.30. The minimum absolute atomic E-state index is 0.0254. The number of esters is 1. The first-order valence-electron chi connectivity index (χ1n) is 11.7. The lowest BCUT2D eigenvalue weighted by molar-refractivity contribution is 0.0523. The molecule has 34 heavy (non-hydrogen) atoms. The van der Waals surface area contributed by atoms with Gasteiger partial charge in [-0.3, -0.25) is 14.6 Å². The SMILES string of the molecule is CCOC(=O)c1cn(CC(C)C)c2cc(CN=C(C)C=C(C)N)c(C(=O)N3CCC3)cc2c1=O. The monoisotopic (exact) mass is 466 g/mol. The number of aliphatic imine (C=N–C) groups is 1. The molecule has 0 spiro atoms. The average molecular weight is 467 g/mol. The van der Waals surface area contributed by atoms with Crippen LogP contribution in [0, 0.1) is 5.92 Å². The number of likely N-dealkylation sites (tertiary alicyclic amines) is 1. The summed E-state index contributed by atoms with van der Waals surface area (Å²) in [5, 5.41) is 0.331. The van der Waals surface area contributed by atoms with Crippen LogP contribution in [-0.2, 0) is 17.8 Å². The van der Waals surface area contributed by atoms with Gasteiger partial charge in [0.2, 0.25) is 5.43 Å². The first kappa shape index (κ1) is 25.2. The van der Waals surface area contributed by atoms with Crippen LogP contribution in [0.5, 0.6) is 0 Å². The third-order valence-electron chi connectivity index (χ3n) is 5.67. The van der Waals surface area contributed by atoms with Crippen LogP contribution < -0.4 is 11.2 Å². The molecule has 1 fully saturated rings. The van der Waals surface area contributed by atoms with Crippen molar-refractivity contribution in [1.29, 1.82) is 0 Å². The van der Waals surface area contributed by atoms with Gasteiger partial charge in [0.05, 0.1) is 18.7 Å². The van der Waals surface area contributed by atoms with Gasteiger partial charge in [-0.2, -0.15) is 0 Å². The fourth-order valence-electron chi connectivity index (χ4n) is 3.98. The maximum absolute atomic E-state index is 13.3. The number of hydrogen-bond donors (Lipinski definition) is 1. The number of benzene rings is 1. The molecule has 1 aromatic heterocycles. The Morgan fingerprint density at radius 2 is 1.91 bits per heavy atom. The van der Waals surface area contributed by atoms with Gasteiger partial charge in [0.25, 0.3) is 5.91 Å². The maximum Gasteiger partial charge on any atom is 0.343 e. The minimum Gasteiger partial charge on any atom is -0.462 e. The van der Waals surface area contributed by atoms with Crippen LogP contribution in [-0.4, -0.2) is 46.8 Å². The highest BCUT2D eigenvalue weighted by atomic mass is 16.5. The Hall–Kier alpha value is -3.42. The van der Waals surface area contributed by atoms with Crippen LogP contribution >= 0.6 is 0 Å². The van der Waals surface area contributed by atoms with E-state index in [9.17, 15) is 14.4 Å². The number of aromatic nitrogens is 1. The molecule has 2 N–H and O–H groups in total. The molecular formula is C26H34N4O4. The van der Waals surface area contributed by atoms with Crippen molar-refractivity contribution in [2.45, 2.75) is 54.1 Å². The number of fused-ring (bicyclic) bond motifs is 1. The van der Waals surface area contributed by atoms with E-state index in [1.54, 1.807) is 37.1 Å². The van der Waals surface area contributed by atoms with Crippen LogP contribution in [0.2, 0.25) is 0 Å². The highest BCUT2D eigenvalue weighted by Gasteiger charge is 2.26. The highest BCUT2D eigenvalue weighted by Crippen LogP contribution is 2.24. The molecule has 1 saturated heterocycles. The Morgan fingerprint density at radius 1 is 1.21 bits per heavy atom. The Kier molecular flexibility index (Phi) is 7.91. The summed E-state index contributed by atoms with van der Waals surface area (Å²) in [5.74, 6) is -0.516. The summed E-state index contributed by atoms with van der Waals surface area (Å²) in [5.41, 5.74) is 8.54. The van der Waals surface area contributed by atoms with Crippen LogP contribution in [0.3, 0.4) is 0 Å². The first-order chi connectivity index (χ1) is 16.1. The molecule has 0 unspecified atom stereocenters. The number of amides is 1. The van der Waals surface area contributed by atoms with Crippen molar-refractivity contribution in [1.82, 2.24) is 9.47 Å². The van der Waals surface area contributed by atoms with E-state index in [1.807, 2.05) is 17.6 Å². The molecule has 2 aromatic rings. The van der Waals surface area contributed by atoms with Gasteiger partial charge in [0.1, 0.15) is 5.56 Å². The molecule has 8 nitrogen and oxygen atoms in total. The number of pyridine rings is 1. The third-order valence-corrected chi connectivity index (χ3v) is 5.67. The predicted octanol–water partition coefficient (Wildman–Crippen LogP) is 3.50. The summed E-state index contributed by atoms with van der Waals surface area (Å²) in [7, 11) is 0. The van der Waals surface area contributed by atoms with Gasteiger partial charge in [-0.1, -0.05) is 13.8 Å². The lowest BCUT2D eigenvalue weighted by Crippen LogP contribution is -2.42. The summed E-state index contributed by atoms with van der Waals surface area (Å²) < 4.78 is 7.02. The normalized spacial score (nSPS) is 14.5. The number of hydrogen-bond acceptors (Lipinski definition) is 6. The zero-order valence-electron chi connectivity index (χ0n) is 20.7. The molecule has 2 heterocycles. The molecule has 0 aliphatic carbocycles. The second-order valence-corrected chi connectivity index (χ2v) is 9.16. The van der Waals surface area contributed by atoms with Crippen LogP contribution in [0.4, 0.5) is 0 Å². The van der Waals surface area contributed by atoms with E-state index in [0.717, 1.165) is 17.7 Å². The second kappa shape index (κ2) is 10.7. The largest absolute Gasteiger partial charge is 0.462 e. The fraction of sp³-hybridized carbons (Fsp3) is 0.462. The molecular weight excluding hydrogens is 432 g/mol. The summed E-state index contributed by atoms with van der Waals surface area (Å²) in [4.78, 5) is 45.4. The molecule has 1 aliphatic heterocycles. The summed E-state index contributed by atoms with van der Waals surface area (Å²) in [6.45, 7) is 11.9. The number of rotatable bonds is 8. The van der Waals surface area contributed by atoms with Crippen molar-refractivity contribution in [3.05, 3.63) is 57.0 Å². The lowest BCUT2D eigenvalue weighted by atomic mass is 9.99. The molecule has 1 aromatic carbocycles. The molecule has 0 atom stereocenters. The molecule has 182 valence electrons. The number of nitrogens with two attached hydrogens (primary N) is 1. The van der Waals surface area contributed by atoms with E-state index in [-0.39, 0.29) is 30.5 Å². The standard InChI is InChI=1S/C26H34N4O4/c1-6-34-26(33)22-15-30(14-16(2)3)23-11-19(13-28-18(5)10-17(4)27)20(12-21(23)24(22)31)25(32)29-8-7-9-29/h10-12,15-16H,6-9,13-14,27H2,1-5H3. The number of nitrogens with zero attached hydrogens (tertiary/aromatic N) is 3. The zero-order valence-corrected chi connectivity index (χ0v) is 20.7. The first-order valence-corrected chi connectivity index (χ1v) is 11.7. The van der Waals surface area contributed by atoms with Gasteiger partial charge < -0.3 is 19.9 Å². The number of carbonyl (C=O) groups excluding carboxylic acids is 2. The Bertz CT molecular complexity index is 1220. The molecule has 0 radical (unpaired) electrons. The van der Waals surface area contributed by atoms with Crippen molar-refractivity contribution in [3.63, 3.8) is 0 Å². The van der Waals surface area contributed by atoms with Crippen molar-refractivity contribution in [3.8, 4) is 0 Å². The van der Waals surface area contributed by atoms with E-state index < -0.39 is 11.4 Å². The zero-order chi connectivity index (χ0) is 25.0. The molecule has 1 amide bonds. The Labute approximate surface area is 200 Å². The molecule has 0 saturated carbocycles. The van der Waals surface area contributed by atoms with E-state index in [2.05, 4.69) is 18.8 Å². The summed E-state index contributed by atoms with van der Waals surface area (Å²) >= 11 is 0. The van der Waals surface area contributed by atoms with Crippen LogP contribution in [0.15, 0.2) is 39.9 Å². The van der Waals surface area contributed by atoms with Crippen molar-refractivity contribution < 1.29 is 14.3 Å². The predicted molar refractivity (Wildman–Crippen MR) is 134 cm³/mol. The van der Waals surface area contributed by atoms with Crippen LogP contribution in [0.25, 0.3) is 10.9 Å². The Morgan fingerprint density at radius 3 is 2.47 bits per heavy atom. The molecule has 0 bridgehead atoms. The van der Waals surface area contributed by atoms with Gasteiger partial charge in [-0.25, -0.2) is 4.79 Å². The quantitative estimate of drug-likeness (QED) is 0.473. The van der Waals surface area contributed by atoms with Gasteiger partial charge in [0.15, 0.2) is 0 Å². The molecule has 8 heteroatoms. The van der Waals surface area contributed by atoms with Gasteiger partial charge in [-0.15, -0.1) is 0 Å².